The van der Waals surface area contributed by atoms with E-state index in [2.05, 4.69) is 10.2 Å². The first-order valence-corrected chi connectivity index (χ1v) is 6.42. The first-order valence-electron chi connectivity index (χ1n) is 4.62. The number of aromatic nitrogens is 2. The van der Waals surface area contributed by atoms with Gasteiger partial charge >= 0.3 is 0 Å². The second-order valence-corrected chi connectivity index (χ2v) is 5.63. The fourth-order valence-electron chi connectivity index (χ4n) is 1.16. The van der Waals surface area contributed by atoms with E-state index in [0.717, 1.165) is 9.35 Å². The topological polar surface area (TPSA) is 51.8 Å². The van der Waals surface area contributed by atoms with Crippen molar-refractivity contribution in [2.24, 2.45) is 0 Å². The summed E-state index contributed by atoms with van der Waals surface area (Å²) < 4.78 is 14.3. The average molecular weight is 255 g/mol. The van der Waals surface area contributed by atoms with Gasteiger partial charge in [-0.15, -0.1) is 10.2 Å². The Kier molecular flexibility index (Phi) is 3.40. The molecular weight excluding hydrogens is 245 g/mol. The molecule has 6 heteroatoms. The summed E-state index contributed by atoms with van der Waals surface area (Å²) in [5, 5.41) is 8.78. The zero-order chi connectivity index (χ0) is 11.5. The lowest BCUT2D eigenvalue weighted by molar-refractivity contribution is 0.618. The van der Waals surface area contributed by atoms with Gasteiger partial charge in [-0.3, -0.25) is 0 Å². The van der Waals surface area contributed by atoms with Gasteiger partial charge in [0.1, 0.15) is 10.8 Å². The molecule has 0 unspecified atom stereocenters. The normalized spacial score (nSPS) is 10.6. The van der Waals surface area contributed by atoms with Crippen LogP contribution in [0.1, 0.15) is 10.6 Å². The number of hydrogen-bond acceptors (Lipinski definition) is 5. The van der Waals surface area contributed by atoms with E-state index in [1.54, 1.807) is 12.1 Å². The van der Waals surface area contributed by atoms with E-state index in [-0.39, 0.29) is 5.82 Å². The Balaban J connectivity index is 2.04. The van der Waals surface area contributed by atoms with Gasteiger partial charge < -0.3 is 5.73 Å². The molecule has 0 amide bonds. The van der Waals surface area contributed by atoms with Crippen LogP contribution in [-0.2, 0) is 5.75 Å². The summed E-state index contributed by atoms with van der Waals surface area (Å²) in [7, 11) is 0. The molecule has 16 heavy (non-hydrogen) atoms. The summed E-state index contributed by atoms with van der Waals surface area (Å²) in [5.41, 5.74) is 6.55. The van der Waals surface area contributed by atoms with Gasteiger partial charge in [-0.1, -0.05) is 29.2 Å². The van der Waals surface area contributed by atoms with Crippen LogP contribution in [0, 0.1) is 12.7 Å². The Labute approximate surface area is 101 Å². The van der Waals surface area contributed by atoms with Crippen LogP contribution in [0.3, 0.4) is 0 Å². The van der Waals surface area contributed by atoms with Gasteiger partial charge in [0, 0.05) is 11.4 Å². The fourth-order valence-corrected chi connectivity index (χ4v) is 2.96. The van der Waals surface area contributed by atoms with Crippen LogP contribution in [0.2, 0.25) is 0 Å². The SMILES string of the molecule is Cc1nnc(SCc2ccc(N)cc2F)s1. The second-order valence-electron chi connectivity index (χ2n) is 3.23. The molecule has 1 heterocycles. The van der Waals surface area contributed by atoms with Crippen molar-refractivity contribution in [2.75, 3.05) is 5.73 Å². The summed E-state index contributed by atoms with van der Waals surface area (Å²) in [6.45, 7) is 1.89. The minimum Gasteiger partial charge on any atom is -0.399 e. The van der Waals surface area contributed by atoms with Crippen LogP contribution in [0.15, 0.2) is 22.5 Å². The van der Waals surface area contributed by atoms with Crippen LogP contribution in [0.25, 0.3) is 0 Å². The maximum atomic E-state index is 13.4. The quantitative estimate of drug-likeness (QED) is 0.677. The molecule has 1 aromatic carbocycles. The number of nitrogens with two attached hydrogens (primary N) is 1. The van der Waals surface area contributed by atoms with Crippen molar-refractivity contribution in [3.63, 3.8) is 0 Å². The second kappa shape index (κ2) is 4.80. The monoisotopic (exact) mass is 255 g/mol. The predicted molar refractivity (Wildman–Crippen MR) is 65.0 cm³/mol. The molecule has 3 nitrogen and oxygen atoms in total. The molecule has 2 N–H and O–H groups in total. The number of nitrogen functional groups attached to an aromatic ring is 1. The zero-order valence-electron chi connectivity index (χ0n) is 8.61. The van der Waals surface area contributed by atoms with Crippen molar-refractivity contribution in [3.8, 4) is 0 Å². The highest BCUT2D eigenvalue weighted by molar-refractivity contribution is 8.00. The smallest absolute Gasteiger partial charge is 0.174 e. The number of hydrogen-bond donors (Lipinski definition) is 1. The number of rotatable bonds is 3. The minimum absolute atomic E-state index is 0.270. The summed E-state index contributed by atoms with van der Waals surface area (Å²) in [4.78, 5) is 0. The molecule has 2 aromatic rings. The van der Waals surface area contributed by atoms with Crippen LogP contribution in [-0.4, -0.2) is 10.2 Å². The van der Waals surface area contributed by atoms with E-state index in [0.29, 0.717) is 17.0 Å². The maximum Gasteiger partial charge on any atom is 0.174 e. The number of anilines is 1. The minimum atomic E-state index is -0.270. The Morgan fingerprint density at radius 1 is 1.44 bits per heavy atom. The molecule has 0 saturated carbocycles. The van der Waals surface area contributed by atoms with Gasteiger partial charge in [0.25, 0.3) is 0 Å². The van der Waals surface area contributed by atoms with E-state index in [4.69, 9.17) is 5.73 Å². The van der Waals surface area contributed by atoms with Gasteiger partial charge in [0.2, 0.25) is 0 Å². The first kappa shape index (κ1) is 11.3. The van der Waals surface area contributed by atoms with Gasteiger partial charge in [0.15, 0.2) is 4.34 Å². The van der Waals surface area contributed by atoms with E-state index in [1.165, 1.54) is 29.2 Å². The highest BCUT2D eigenvalue weighted by Gasteiger charge is 2.06. The average Bonchev–Trinajstić information content (AvgIpc) is 2.63. The van der Waals surface area contributed by atoms with Gasteiger partial charge in [-0.05, 0) is 24.6 Å². The van der Waals surface area contributed by atoms with Gasteiger partial charge in [-0.2, -0.15) is 0 Å². The molecule has 2 rings (SSSR count). The van der Waals surface area contributed by atoms with E-state index >= 15 is 0 Å². The summed E-state index contributed by atoms with van der Waals surface area (Å²) in [6, 6.07) is 4.73. The first-order chi connectivity index (χ1) is 7.65. The lowest BCUT2D eigenvalue weighted by Crippen LogP contribution is -1.91. The molecule has 0 saturated heterocycles. The third kappa shape index (κ3) is 2.70. The molecule has 0 aliphatic carbocycles. The molecule has 84 valence electrons. The maximum absolute atomic E-state index is 13.4. The largest absolute Gasteiger partial charge is 0.399 e. The van der Waals surface area contributed by atoms with Crippen LogP contribution in [0.5, 0.6) is 0 Å². The molecule has 1 aromatic heterocycles. The number of benzene rings is 1. The Morgan fingerprint density at radius 3 is 2.88 bits per heavy atom. The van der Waals surface area contributed by atoms with Gasteiger partial charge in [0.05, 0.1) is 0 Å². The van der Waals surface area contributed by atoms with Crippen molar-refractivity contribution < 1.29 is 4.39 Å². The summed E-state index contributed by atoms with van der Waals surface area (Å²) >= 11 is 2.99. The highest BCUT2D eigenvalue weighted by Crippen LogP contribution is 2.26. The van der Waals surface area contributed by atoms with Crippen LogP contribution < -0.4 is 5.73 Å². The predicted octanol–water partition coefficient (Wildman–Crippen LogP) is 2.86. The zero-order valence-corrected chi connectivity index (χ0v) is 10.2. The summed E-state index contributed by atoms with van der Waals surface area (Å²) in [6.07, 6.45) is 0. The number of thioether (sulfide) groups is 1. The molecule has 0 bridgehead atoms. The molecule has 0 spiro atoms. The number of halogens is 1. The Bertz CT molecular complexity index is 499. The van der Waals surface area contributed by atoms with Crippen molar-refractivity contribution in [1.29, 1.82) is 0 Å². The third-order valence-corrected chi connectivity index (χ3v) is 3.96. The molecule has 0 atom stereocenters. The number of aryl methyl sites for hydroxylation is 1. The Morgan fingerprint density at radius 2 is 2.25 bits per heavy atom. The van der Waals surface area contributed by atoms with Crippen molar-refractivity contribution in [3.05, 3.63) is 34.6 Å². The van der Waals surface area contributed by atoms with Crippen molar-refractivity contribution in [1.82, 2.24) is 10.2 Å². The van der Waals surface area contributed by atoms with Gasteiger partial charge in [-0.25, -0.2) is 4.39 Å². The Hall–Kier alpha value is -1.14. The van der Waals surface area contributed by atoms with Crippen molar-refractivity contribution in [2.45, 2.75) is 17.0 Å². The lowest BCUT2D eigenvalue weighted by atomic mass is 10.2. The summed E-state index contributed by atoms with van der Waals surface area (Å²) in [5.74, 6) is 0.273. The highest BCUT2D eigenvalue weighted by atomic mass is 32.2. The van der Waals surface area contributed by atoms with Crippen LogP contribution in [0.4, 0.5) is 10.1 Å². The third-order valence-electron chi connectivity index (χ3n) is 1.94. The molecule has 0 radical (unpaired) electrons. The fraction of sp³-hybridized carbons (Fsp3) is 0.200. The van der Waals surface area contributed by atoms with Crippen molar-refractivity contribution >= 4 is 28.8 Å². The molecule has 0 aliphatic rings. The lowest BCUT2D eigenvalue weighted by Gasteiger charge is -2.01. The molecule has 0 fully saturated rings. The molecular formula is C10H10FN3S2. The van der Waals surface area contributed by atoms with E-state index in [9.17, 15) is 4.39 Å². The van der Waals surface area contributed by atoms with E-state index in [1.807, 2.05) is 6.92 Å². The van der Waals surface area contributed by atoms with Crippen LogP contribution >= 0.6 is 23.1 Å². The van der Waals surface area contributed by atoms with E-state index < -0.39 is 0 Å². The molecule has 0 aliphatic heterocycles. The standard InChI is InChI=1S/C10H10FN3S2/c1-6-13-14-10(16-6)15-5-7-2-3-8(12)4-9(7)11/h2-4H,5,12H2,1H3. The number of nitrogens with zero attached hydrogens (tertiary/aromatic N) is 2.